The first-order valence-electron chi connectivity index (χ1n) is 4.44. The van der Waals surface area contributed by atoms with Gasteiger partial charge in [0.15, 0.2) is 0 Å². The second-order valence-electron chi connectivity index (χ2n) is 2.82. The maximum absolute atomic E-state index is 8.46. The van der Waals surface area contributed by atoms with Crippen LogP contribution in [0.3, 0.4) is 0 Å². The first-order valence-corrected chi connectivity index (χ1v) is 4.44. The highest BCUT2D eigenvalue weighted by molar-refractivity contribution is 5.27. The molecule has 0 bridgehead atoms. The van der Waals surface area contributed by atoms with E-state index in [1.165, 1.54) is 0 Å². The van der Waals surface area contributed by atoms with Gasteiger partial charge in [-0.25, -0.2) is 5.48 Å². The summed E-state index contributed by atoms with van der Waals surface area (Å²) in [6.45, 7) is 1.58. The van der Waals surface area contributed by atoms with Gasteiger partial charge in [0.25, 0.3) is 0 Å². The maximum atomic E-state index is 8.46. The van der Waals surface area contributed by atoms with Crippen molar-refractivity contribution in [2.24, 2.45) is 0 Å². The summed E-state index contributed by atoms with van der Waals surface area (Å²) in [5.74, 6) is 0.809. The average molecular weight is 197 g/mol. The van der Waals surface area contributed by atoms with Crippen LogP contribution in [0, 0.1) is 0 Å². The number of rotatable bonds is 6. The van der Waals surface area contributed by atoms with Crippen LogP contribution in [0.15, 0.2) is 24.3 Å². The predicted molar refractivity (Wildman–Crippen MR) is 52.4 cm³/mol. The van der Waals surface area contributed by atoms with Crippen LogP contribution in [-0.4, -0.2) is 25.5 Å². The zero-order valence-corrected chi connectivity index (χ0v) is 8.19. The minimum atomic E-state index is 0.443. The molecule has 0 radical (unpaired) electrons. The molecule has 0 amide bonds. The lowest BCUT2D eigenvalue weighted by molar-refractivity contribution is 0.146. The van der Waals surface area contributed by atoms with E-state index < -0.39 is 0 Å². The Kier molecular flexibility index (Phi) is 4.99. The van der Waals surface area contributed by atoms with Crippen LogP contribution in [0.4, 0.5) is 0 Å². The highest BCUT2D eigenvalue weighted by Gasteiger charge is 1.94. The smallest absolute Gasteiger partial charge is 0.119 e. The molecule has 4 nitrogen and oxygen atoms in total. The molecular formula is C10H15NO3. The fourth-order valence-corrected chi connectivity index (χ4v) is 1.04. The van der Waals surface area contributed by atoms with E-state index in [-0.39, 0.29) is 0 Å². The molecule has 0 aromatic heterocycles. The molecule has 0 aliphatic rings. The topological polar surface area (TPSA) is 50.7 Å². The number of hydroxylamine groups is 1. The molecular weight excluding hydrogens is 182 g/mol. The molecule has 2 N–H and O–H groups in total. The zero-order chi connectivity index (χ0) is 10.2. The average Bonchev–Trinajstić information content (AvgIpc) is 2.21. The van der Waals surface area contributed by atoms with Crippen molar-refractivity contribution >= 4 is 0 Å². The van der Waals surface area contributed by atoms with Crippen LogP contribution in [0.1, 0.15) is 5.56 Å². The molecule has 14 heavy (non-hydrogen) atoms. The third kappa shape index (κ3) is 3.74. The molecule has 0 fully saturated rings. The number of nitrogens with one attached hydrogen (secondary N) is 1. The Hall–Kier alpha value is -1.10. The summed E-state index contributed by atoms with van der Waals surface area (Å²) in [5.41, 5.74) is 3.10. The van der Waals surface area contributed by atoms with Gasteiger partial charge in [-0.05, 0) is 17.7 Å². The molecule has 0 aliphatic carbocycles. The molecule has 0 aliphatic heterocycles. The fraction of sp³-hybridized carbons (Fsp3) is 0.400. The van der Waals surface area contributed by atoms with Crippen molar-refractivity contribution in [1.82, 2.24) is 5.48 Å². The Balaban J connectivity index is 2.38. The molecule has 0 spiro atoms. The third-order valence-corrected chi connectivity index (χ3v) is 1.76. The standard InChI is InChI=1S/C10H15NO3/c1-13-6-7-14-10-4-2-9(3-5-10)8-11-12/h2-5,11-12H,6-8H2,1H3. The summed E-state index contributed by atoms with van der Waals surface area (Å²) in [4.78, 5) is 0. The summed E-state index contributed by atoms with van der Waals surface area (Å²) in [6.07, 6.45) is 0. The van der Waals surface area contributed by atoms with Gasteiger partial charge in [0.2, 0.25) is 0 Å². The van der Waals surface area contributed by atoms with Crippen molar-refractivity contribution in [1.29, 1.82) is 0 Å². The quantitative estimate of drug-likeness (QED) is 0.531. The fourth-order valence-electron chi connectivity index (χ4n) is 1.04. The van der Waals surface area contributed by atoms with Gasteiger partial charge in [-0.15, -0.1) is 0 Å². The van der Waals surface area contributed by atoms with Crippen LogP contribution in [0.2, 0.25) is 0 Å². The molecule has 0 heterocycles. The minimum Gasteiger partial charge on any atom is -0.491 e. The molecule has 1 aromatic carbocycles. The van der Waals surface area contributed by atoms with Crippen LogP contribution < -0.4 is 10.2 Å². The van der Waals surface area contributed by atoms with E-state index in [1.54, 1.807) is 7.11 Å². The van der Waals surface area contributed by atoms with E-state index in [1.807, 2.05) is 24.3 Å². The number of hydrogen-bond acceptors (Lipinski definition) is 4. The lowest BCUT2D eigenvalue weighted by Crippen LogP contribution is -2.06. The third-order valence-electron chi connectivity index (χ3n) is 1.76. The van der Waals surface area contributed by atoms with Crippen LogP contribution in [0.5, 0.6) is 5.75 Å². The Morgan fingerprint density at radius 1 is 1.21 bits per heavy atom. The van der Waals surface area contributed by atoms with Gasteiger partial charge in [-0.2, -0.15) is 0 Å². The van der Waals surface area contributed by atoms with Gasteiger partial charge in [0.05, 0.1) is 6.61 Å². The van der Waals surface area contributed by atoms with Crippen LogP contribution in [-0.2, 0) is 11.3 Å². The van der Waals surface area contributed by atoms with E-state index in [0.717, 1.165) is 11.3 Å². The lowest BCUT2D eigenvalue weighted by Gasteiger charge is -2.06. The van der Waals surface area contributed by atoms with Crippen molar-refractivity contribution in [3.63, 3.8) is 0 Å². The molecule has 4 heteroatoms. The highest BCUT2D eigenvalue weighted by Crippen LogP contribution is 2.11. The van der Waals surface area contributed by atoms with Gasteiger partial charge >= 0.3 is 0 Å². The molecule has 78 valence electrons. The SMILES string of the molecule is COCCOc1ccc(CNO)cc1. The van der Waals surface area contributed by atoms with Crippen LogP contribution in [0.25, 0.3) is 0 Å². The number of benzene rings is 1. The van der Waals surface area contributed by atoms with Gasteiger partial charge < -0.3 is 14.7 Å². The maximum Gasteiger partial charge on any atom is 0.119 e. The normalized spacial score (nSPS) is 10.1. The summed E-state index contributed by atoms with van der Waals surface area (Å²) in [5, 5.41) is 8.46. The van der Waals surface area contributed by atoms with Crippen molar-refractivity contribution in [2.45, 2.75) is 6.54 Å². The van der Waals surface area contributed by atoms with E-state index >= 15 is 0 Å². The number of hydrogen-bond donors (Lipinski definition) is 2. The molecule has 1 rings (SSSR count). The zero-order valence-electron chi connectivity index (χ0n) is 8.19. The Morgan fingerprint density at radius 2 is 1.93 bits per heavy atom. The number of ether oxygens (including phenoxy) is 2. The minimum absolute atomic E-state index is 0.443. The lowest BCUT2D eigenvalue weighted by atomic mass is 10.2. The molecule has 0 unspecified atom stereocenters. The highest BCUT2D eigenvalue weighted by atomic mass is 16.5. The largest absolute Gasteiger partial charge is 0.491 e. The van der Waals surface area contributed by atoms with E-state index in [0.29, 0.717) is 19.8 Å². The van der Waals surface area contributed by atoms with Crippen molar-refractivity contribution in [3.05, 3.63) is 29.8 Å². The first-order chi connectivity index (χ1) is 6.86. The second-order valence-corrected chi connectivity index (χ2v) is 2.82. The van der Waals surface area contributed by atoms with Gasteiger partial charge in [0, 0.05) is 13.7 Å². The Bertz CT molecular complexity index is 248. The Labute approximate surface area is 83.4 Å². The van der Waals surface area contributed by atoms with Gasteiger partial charge in [0.1, 0.15) is 12.4 Å². The van der Waals surface area contributed by atoms with Crippen LogP contribution >= 0.6 is 0 Å². The van der Waals surface area contributed by atoms with Crippen molar-refractivity contribution in [2.75, 3.05) is 20.3 Å². The van der Waals surface area contributed by atoms with E-state index in [4.69, 9.17) is 14.7 Å². The van der Waals surface area contributed by atoms with Gasteiger partial charge in [-0.3, -0.25) is 0 Å². The molecule has 0 saturated carbocycles. The summed E-state index contributed by atoms with van der Waals surface area (Å²) < 4.78 is 10.2. The second kappa shape index (κ2) is 6.37. The van der Waals surface area contributed by atoms with Crippen molar-refractivity contribution < 1.29 is 14.7 Å². The van der Waals surface area contributed by atoms with Gasteiger partial charge in [-0.1, -0.05) is 12.1 Å². The molecule has 0 saturated heterocycles. The summed E-state index contributed by atoms with van der Waals surface area (Å²) >= 11 is 0. The molecule has 1 aromatic rings. The van der Waals surface area contributed by atoms with Crippen molar-refractivity contribution in [3.8, 4) is 5.75 Å². The number of methoxy groups -OCH3 is 1. The first kappa shape index (κ1) is 11.0. The molecule has 0 atom stereocenters. The van der Waals surface area contributed by atoms with E-state index in [2.05, 4.69) is 5.48 Å². The summed E-state index contributed by atoms with van der Waals surface area (Å²) in [6, 6.07) is 7.52. The monoisotopic (exact) mass is 197 g/mol. The Morgan fingerprint density at radius 3 is 2.50 bits per heavy atom. The predicted octanol–water partition coefficient (Wildman–Crippen LogP) is 1.19. The summed E-state index contributed by atoms with van der Waals surface area (Å²) in [7, 11) is 1.64. The van der Waals surface area contributed by atoms with E-state index in [9.17, 15) is 0 Å².